The van der Waals surface area contributed by atoms with Crippen LogP contribution in [0.3, 0.4) is 0 Å². The maximum Gasteiger partial charge on any atom is 0.262 e. The lowest BCUT2D eigenvalue weighted by molar-refractivity contribution is -0.118. The van der Waals surface area contributed by atoms with Crippen LogP contribution in [0.4, 0.5) is 5.69 Å². The molecular formula is C18H20N2O3. The molecule has 0 saturated carbocycles. The summed E-state index contributed by atoms with van der Waals surface area (Å²) in [4.78, 5) is 23.4. The lowest BCUT2D eigenvalue weighted by Crippen LogP contribution is -2.22. The van der Waals surface area contributed by atoms with Gasteiger partial charge in [0.15, 0.2) is 6.61 Å². The first-order valence-corrected chi connectivity index (χ1v) is 7.27. The van der Waals surface area contributed by atoms with E-state index in [0.29, 0.717) is 5.75 Å². The Labute approximate surface area is 135 Å². The Bertz CT molecular complexity index is 754. The van der Waals surface area contributed by atoms with E-state index < -0.39 is 5.91 Å². The molecule has 23 heavy (non-hydrogen) atoms. The molecule has 0 aromatic heterocycles. The quantitative estimate of drug-likeness (QED) is 0.890. The van der Waals surface area contributed by atoms with Crippen LogP contribution < -0.4 is 15.8 Å². The summed E-state index contributed by atoms with van der Waals surface area (Å²) in [6, 6.07) is 10.8. The molecule has 0 aliphatic carbocycles. The number of aryl methyl sites for hydroxylation is 3. The van der Waals surface area contributed by atoms with Gasteiger partial charge in [0.1, 0.15) is 5.75 Å². The first kappa shape index (κ1) is 16.5. The summed E-state index contributed by atoms with van der Waals surface area (Å²) in [7, 11) is 0. The number of carbonyl (C=O) groups excluding carboxylic acids is 2. The number of carbonyl (C=O) groups is 2. The number of primary amides is 1. The fraction of sp³-hybridized carbons (Fsp3) is 0.222. The average Bonchev–Trinajstić information content (AvgIpc) is 2.48. The van der Waals surface area contributed by atoms with Gasteiger partial charge in [-0.15, -0.1) is 0 Å². The highest BCUT2D eigenvalue weighted by molar-refractivity contribution is 5.96. The van der Waals surface area contributed by atoms with E-state index in [1.807, 2.05) is 39.0 Å². The Kier molecular flexibility index (Phi) is 5.01. The summed E-state index contributed by atoms with van der Waals surface area (Å²) in [5.74, 6) is -0.572. The second-order valence-electron chi connectivity index (χ2n) is 5.52. The topological polar surface area (TPSA) is 81.4 Å². The maximum absolute atomic E-state index is 12.0. The highest BCUT2D eigenvalue weighted by Gasteiger charge is 2.12. The largest absolute Gasteiger partial charge is 0.483 e. The van der Waals surface area contributed by atoms with Crippen LogP contribution in [-0.4, -0.2) is 18.4 Å². The van der Waals surface area contributed by atoms with Crippen molar-refractivity contribution in [2.45, 2.75) is 20.8 Å². The molecule has 0 unspecified atom stereocenters. The molecule has 0 bridgehead atoms. The molecule has 2 rings (SSSR count). The molecule has 0 fully saturated rings. The number of anilines is 1. The molecule has 0 spiro atoms. The van der Waals surface area contributed by atoms with Gasteiger partial charge < -0.3 is 15.8 Å². The van der Waals surface area contributed by atoms with Crippen LogP contribution in [0.2, 0.25) is 0 Å². The van der Waals surface area contributed by atoms with Gasteiger partial charge in [-0.25, -0.2) is 0 Å². The standard InChI is InChI=1S/C18H20N2O3/c1-11-5-7-15(13(3)8-11)20-17(21)10-23-16-9-12(2)4-6-14(16)18(19)22/h4-9H,10H2,1-3H3,(H2,19,22)(H,20,21). The SMILES string of the molecule is Cc1ccc(NC(=O)COc2cc(C)ccc2C(N)=O)c(C)c1. The Morgan fingerprint density at radius 1 is 1.04 bits per heavy atom. The third kappa shape index (κ3) is 4.32. The molecule has 0 heterocycles. The minimum atomic E-state index is -0.588. The normalized spacial score (nSPS) is 10.2. The number of hydrogen-bond acceptors (Lipinski definition) is 3. The van der Waals surface area contributed by atoms with E-state index in [4.69, 9.17) is 10.5 Å². The van der Waals surface area contributed by atoms with E-state index in [-0.39, 0.29) is 18.1 Å². The van der Waals surface area contributed by atoms with Crippen molar-refractivity contribution in [2.24, 2.45) is 5.73 Å². The number of rotatable bonds is 5. The predicted molar refractivity (Wildman–Crippen MR) is 89.7 cm³/mol. The monoisotopic (exact) mass is 312 g/mol. The average molecular weight is 312 g/mol. The van der Waals surface area contributed by atoms with Crippen LogP contribution in [0.25, 0.3) is 0 Å². The van der Waals surface area contributed by atoms with Crippen LogP contribution in [0.15, 0.2) is 36.4 Å². The molecule has 2 aromatic carbocycles. The Morgan fingerprint density at radius 3 is 2.35 bits per heavy atom. The Balaban J connectivity index is 2.05. The van der Waals surface area contributed by atoms with Crippen molar-refractivity contribution in [3.63, 3.8) is 0 Å². The summed E-state index contributed by atoms with van der Waals surface area (Å²) in [6.07, 6.45) is 0. The number of ether oxygens (including phenoxy) is 1. The lowest BCUT2D eigenvalue weighted by atomic mass is 10.1. The van der Waals surface area contributed by atoms with Gasteiger partial charge in [-0.05, 0) is 50.1 Å². The lowest BCUT2D eigenvalue weighted by Gasteiger charge is -2.12. The van der Waals surface area contributed by atoms with Gasteiger partial charge in [0, 0.05) is 5.69 Å². The number of nitrogens with two attached hydrogens (primary N) is 1. The van der Waals surface area contributed by atoms with Crippen molar-refractivity contribution in [3.8, 4) is 5.75 Å². The summed E-state index contributed by atoms with van der Waals surface area (Å²) in [5, 5.41) is 2.79. The molecule has 120 valence electrons. The summed E-state index contributed by atoms with van der Waals surface area (Å²) in [6.45, 7) is 5.59. The molecular weight excluding hydrogens is 292 g/mol. The van der Waals surface area contributed by atoms with Gasteiger partial charge in [-0.3, -0.25) is 9.59 Å². The first-order valence-electron chi connectivity index (χ1n) is 7.27. The second-order valence-corrected chi connectivity index (χ2v) is 5.52. The number of hydrogen-bond donors (Lipinski definition) is 2. The van der Waals surface area contributed by atoms with E-state index in [1.54, 1.807) is 18.2 Å². The van der Waals surface area contributed by atoms with Crippen molar-refractivity contribution >= 4 is 17.5 Å². The summed E-state index contributed by atoms with van der Waals surface area (Å²) >= 11 is 0. The first-order chi connectivity index (χ1) is 10.9. The van der Waals surface area contributed by atoms with Crippen molar-refractivity contribution in [1.29, 1.82) is 0 Å². The third-order valence-electron chi connectivity index (χ3n) is 3.42. The van der Waals surface area contributed by atoms with Crippen molar-refractivity contribution in [3.05, 3.63) is 58.7 Å². The molecule has 0 aliphatic heterocycles. The van der Waals surface area contributed by atoms with Crippen LogP contribution in [-0.2, 0) is 4.79 Å². The van der Waals surface area contributed by atoms with Crippen LogP contribution in [0.5, 0.6) is 5.75 Å². The molecule has 0 atom stereocenters. The molecule has 2 aromatic rings. The fourth-order valence-corrected chi connectivity index (χ4v) is 2.24. The van der Waals surface area contributed by atoms with Crippen molar-refractivity contribution in [1.82, 2.24) is 0 Å². The van der Waals surface area contributed by atoms with Gasteiger partial charge >= 0.3 is 0 Å². The number of nitrogens with one attached hydrogen (secondary N) is 1. The zero-order valence-electron chi connectivity index (χ0n) is 13.5. The minimum absolute atomic E-state index is 0.197. The summed E-state index contributed by atoms with van der Waals surface area (Å²) in [5.41, 5.74) is 9.33. The summed E-state index contributed by atoms with van der Waals surface area (Å²) < 4.78 is 5.46. The molecule has 5 heteroatoms. The molecule has 0 saturated heterocycles. The van der Waals surface area contributed by atoms with Gasteiger partial charge in [0.25, 0.3) is 11.8 Å². The Morgan fingerprint density at radius 2 is 1.70 bits per heavy atom. The molecule has 0 radical (unpaired) electrons. The fourth-order valence-electron chi connectivity index (χ4n) is 2.24. The predicted octanol–water partition coefficient (Wildman–Crippen LogP) is 2.73. The smallest absolute Gasteiger partial charge is 0.262 e. The van der Waals surface area contributed by atoms with Crippen LogP contribution in [0.1, 0.15) is 27.0 Å². The zero-order valence-corrected chi connectivity index (χ0v) is 13.5. The van der Waals surface area contributed by atoms with E-state index in [9.17, 15) is 9.59 Å². The molecule has 5 nitrogen and oxygen atoms in total. The van der Waals surface area contributed by atoms with E-state index in [2.05, 4.69) is 5.32 Å². The van der Waals surface area contributed by atoms with E-state index in [1.165, 1.54) is 0 Å². The zero-order chi connectivity index (χ0) is 17.0. The maximum atomic E-state index is 12.0. The number of benzene rings is 2. The van der Waals surface area contributed by atoms with E-state index >= 15 is 0 Å². The highest BCUT2D eigenvalue weighted by atomic mass is 16.5. The van der Waals surface area contributed by atoms with Gasteiger partial charge in [0.05, 0.1) is 5.56 Å². The third-order valence-corrected chi connectivity index (χ3v) is 3.42. The van der Waals surface area contributed by atoms with Gasteiger partial charge in [-0.2, -0.15) is 0 Å². The van der Waals surface area contributed by atoms with Gasteiger partial charge in [-0.1, -0.05) is 23.8 Å². The van der Waals surface area contributed by atoms with Crippen LogP contribution >= 0.6 is 0 Å². The second kappa shape index (κ2) is 6.96. The van der Waals surface area contributed by atoms with Crippen molar-refractivity contribution < 1.29 is 14.3 Å². The van der Waals surface area contributed by atoms with E-state index in [0.717, 1.165) is 22.4 Å². The molecule has 3 N–H and O–H groups in total. The van der Waals surface area contributed by atoms with Gasteiger partial charge in [0.2, 0.25) is 0 Å². The Hall–Kier alpha value is -2.82. The molecule has 0 aliphatic rings. The van der Waals surface area contributed by atoms with Crippen LogP contribution in [0, 0.1) is 20.8 Å². The highest BCUT2D eigenvalue weighted by Crippen LogP contribution is 2.20. The van der Waals surface area contributed by atoms with Crippen molar-refractivity contribution in [2.75, 3.05) is 11.9 Å². The minimum Gasteiger partial charge on any atom is -0.483 e. The molecule has 2 amide bonds. The number of amides is 2.